The number of fused-ring (bicyclic) bond motifs is 1. The van der Waals surface area contributed by atoms with Gasteiger partial charge in [-0.3, -0.25) is 4.79 Å². The van der Waals surface area contributed by atoms with Gasteiger partial charge in [-0.2, -0.15) is 0 Å². The van der Waals surface area contributed by atoms with Crippen LogP contribution in [0.15, 0.2) is 42.5 Å². The fourth-order valence-electron chi connectivity index (χ4n) is 3.08. The zero-order valence-corrected chi connectivity index (χ0v) is 17.0. The van der Waals surface area contributed by atoms with Gasteiger partial charge in [-0.05, 0) is 42.5 Å². The highest BCUT2D eigenvalue weighted by atomic mass is 35.5. The number of halogens is 1. The largest absolute Gasteiger partial charge is 0.497 e. The third-order valence-electron chi connectivity index (χ3n) is 4.66. The molecule has 0 N–H and O–H groups in total. The van der Waals surface area contributed by atoms with E-state index in [1.807, 2.05) is 35.2 Å². The number of carbonyl (C=O) groups is 1. The average molecular weight is 418 g/mol. The van der Waals surface area contributed by atoms with Crippen LogP contribution in [0.1, 0.15) is 0 Å². The smallest absolute Gasteiger partial charge is 0.260 e. The number of carbonyl (C=O) groups excluding carboxylic acids is 1. The standard InChI is InChI=1S/C20H20ClN3O3S/c1-26-15-3-5-16(6-4-15)27-13-19(25)23-8-10-24(11-9-23)20-22-17-7-2-14(21)12-18(17)28-20/h2-7,12H,8-11,13H2,1H3. The number of hydrogen-bond acceptors (Lipinski definition) is 6. The number of rotatable bonds is 5. The maximum absolute atomic E-state index is 12.4. The molecule has 1 saturated heterocycles. The number of methoxy groups -OCH3 is 1. The summed E-state index contributed by atoms with van der Waals surface area (Å²) in [6.07, 6.45) is 0. The Morgan fingerprint density at radius 2 is 1.82 bits per heavy atom. The van der Waals surface area contributed by atoms with Gasteiger partial charge < -0.3 is 19.3 Å². The molecule has 0 bridgehead atoms. The van der Waals surface area contributed by atoms with Crippen LogP contribution in [0.3, 0.4) is 0 Å². The molecule has 0 aliphatic carbocycles. The van der Waals surface area contributed by atoms with Gasteiger partial charge in [0.1, 0.15) is 11.5 Å². The predicted molar refractivity (Wildman–Crippen MR) is 112 cm³/mol. The molecule has 1 fully saturated rings. The summed E-state index contributed by atoms with van der Waals surface area (Å²) in [5, 5.41) is 1.69. The van der Waals surface area contributed by atoms with Crippen LogP contribution in [-0.2, 0) is 4.79 Å². The molecule has 0 atom stereocenters. The van der Waals surface area contributed by atoms with Crippen LogP contribution in [0, 0.1) is 0 Å². The van der Waals surface area contributed by atoms with Crippen molar-refractivity contribution in [2.75, 3.05) is 44.8 Å². The third-order valence-corrected chi connectivity index (χ3v) is 5.98. The zero-order chi connectivity index (χ0) is 19.5. The normalized spacial score (nSPS) is 14.4. The van der Waals surface area contributed by atoms with Crippen molar-refractivity contribution in [1.29, 1.82) is 0 Å². The summed E-state index contributed by atoms with van der Waals surface area (Å²) in [4.78, 5) is 21.2. The second kappa shape index (κ2) is 8.24. The Morgan fingerprint density at radius 1 is 1.11 bits per heavy atom. The molecule has 28 heavy (non-hydrogen) atoms. The van der Waals surface area contributed by atoms with Crippen LogP contribution < -0.4 is 14.4 Å². The first-order valence-corrected chi connectivity index (χ1v) is 10.2. The van der Waals surface area contributed by atoms with E-state index in [2.05, 4.69) is 9.88 Å². The Labute approximate surface area is 172 Å². The van der Waals surface area contributed by atoms with Gasteiger partial charge in [0.15, 0.2) is 11.7 Å². The minimum absolute atomic E-state index is 0.00782. The fourth-order valence-corrected chi connectivity index (χ4v) is 4.37. The van der Waals surface area contributed by atoms with E-state index < -0.39 is 0 Å². The van der Waals surface area contributed by atoms with Crippen molar-refractivity contribution >= 4 is 44.2 Å². The van der Waals surface area contributed by atoms with E-state index in [0.29, 0.717) is 18.8 Å². The molecular weight excluding hydrogens is 398 g/mol. The molecule has 0 saturated carbocycles. The third kappa shape index (κ3) is 4.15. The van der Waals surface area contributed by atoms with Crippen molar-refractivity contribution < 1.29 is 14.3 Å². The second-order valence-corrected chi connectivity index (χ2v) is 7.89. The highest BCUT2D eigenvalue weighted by Crippen LogP contribution is 2.31. The number of thiazole rings is 1. The number of ether oxygens (including phenoxy) is 2. The summed E-state index contributed by atoms with van der Waals surface area (Å²) in [5.41, 5.74) is 0.954. The predicted octanol–water partition coefficient (Wildman–Crippen LogP) is 3.69. The van der Waals surface area contributed by atoms with E-state index >= 15 is 0 Å². The minimum Gasteiger partial charge on any atom is -0.497 e. The lowest BCUT2D eigenvalue weighted by Gasteiger charge is -2.34. The van der Waals surface area contributed by atoms with Gasteiger partial charge >= 0.3 is 0 Å². The Kier molecular flexibility index (Phi) is 5.54. The van der Waals surface area contributed by atoms with E-state index in [4.69, 9.17) is 21.1 Å². The SMILES string of the molecule is COc1ccc(OCC(=O)N2CCN(c3nc4ccc(Cl)cc4s3)CC2)cc1. The highest BCUT2D eigenvalue weighted by Gasteiger charge is 2.23. The lowest BCUT2D eigenvalue weighted by atomic mass is 10.3. The number of hydrogen-bond donors (Lipinski definition) is 0. The Morgan fingerprint density at radius 3 is 2.54 bits per heavy atom. The van der Waals surface area contributed by atoms with E-state index in [-0.39, 0.29) is 12.5 Å². The van der Waals surface area contributed by atoms with Gasteiger partial charge in [-0.15, -0.1) is 0 Å². The Bertz CT molecular complexity index is 968. The molecule has 0 spiro atoms. The summed E-state index contributed by atoms with van der Waals surface area (Å²) in [5.74, 6) is 1.40. The molecule has 0 unspecified atom stereocenters. The lowest BCUT2D eigenvalue weighted by Crippen LogP contribution is -2.50. The maximum atomic E-state index is 12.4. The van der Waals surface area contributed by atoms with E-state index in [1.165, 1.54) is 0 Å². The first kappa shape index (κ1) is 18.8. The topological polar surface area (TPSA) is 54.9 Å². The molecule has 3 aromatic rings. The van der Waals surface area contributed by atoms with E-state index in [9.17, 15) is 4.79 Å². The van der Waals surface area contributed by atoms with Crippen molar-refractivity contribution in [3.63, 3.8) is 0 Å². The van der Waals surface area contributed by atoms with E-state index in [0.717, 1.165) is 39.2 Å². The molecule has 1 aliphatic rings. The highest BCUT2D eigenvalue weighted by molar-refractivity contribution is 7.22. The van der Waals surface area contributed by atoms with Crippen LogP contribution in [0.5, 0.6) is 11.5 Å². The molecule has 1 amide bonds. The number of piperazine rings is 1. The Hall–Kier alpha value is -2.51. The van der Waals surface area contributed by atoms with Gasteiger partial charge in [0, 0.05) is 31.2 Å². The van der Waals surface area contributed by atoms with Crippen LogP contribution in [0.4, 0.5) is 5.13 Å². The first-order valence-electron chi connectivity index (χ1n) is 8.98. The minimum atomic E-state index is -0.00782. The summed E-state index contributed by atoms with van der Waals surface area (Å²) >= 11 is 7.69. The van der Waals surface area contributed by atoms with Crippen LogP contribution in [0.25, 0.3) is 10.2 Å². The fraction of sp³-hybridized carbons (Fsp3) is 0.300. The van der Waals surface area contributed by atoms with Crippen molar-refractivity contribution in [3.8, 4) is 11.5 Å². The lowest BCUT2D eigenvalue weighted by molar-refractivity contribution is -0.133. The zero-order valence-electron chi connectivity index (χ0n) is 15.4. The summed E-state index contributed by atoms with van der Waals surface area (Å²) in [7, 11) is 1.61. The number of benzene rings is 2. The monoisotopic (exact) mass is 417 g/mol. The molecule has 8 heteroatoms. The molecule has 4 rings (SSSR count). The number of nitrogens with zero attached hydrogens (tertiary/aromatic N) is 3. The van der Waals surface area contributed by atoms with Crippen molar-refractivity contribution in [2.45, 2.75) is 0 Å². The Balaban J connectivity index is 1.30. The number of aromatic nitrogens is 1. The van der Waals surface area contributed by atoms with Crippen molar-refractivity contribution in [2.24, 2.45) is 0 Å². The van der Waals surface area contributed by atoms with Crippen LogP contribution >= 0.6 is 22.9 Å². The summed E-state index contributed by atoms with van der Waals surface area (Å²) < 4.78 is 11.8. The quantitative estimate of drug-likeness (QED) is 0.633. The molecule has 146 valence electrons. The first-order chi connectivity index (χ1) is 13.6. The molecule has 6 nitrogen and oxygen atoms in total. The molecular formula is C20H20ClN3O3S. The molecule has 1 aliphatic heterocycles. The summed E-state index contributed by atoms with van der Waals surface area (Å²) in [6, 6.07) is 12.9. The number of anilines is 1. The number of amides is 1. The van der Waals surface area contributed by atoms with Crippen molar-refractivity contribution in [3.05, 3.63) is 47.5 Å². The van der Waals surface area contributed by atoms with Crippen LogP contribution in [-0.4, -0.2) is 55.7 Å². The molecule has 1 aromatic heterocycles. The van der Waals surface area contributed by atoms with E-state index in [1.54, 1.807) is 30.6 Å². The van der Waals surface area contributed by atoms with Crippen LogP contribution in [0.2, 0.25) is 5.02 Å². The van der Waals surface area contributed by atoms with Gasteiger partial charge in [-0.1, -0.05) is 22.9 Å². The molecule has 2 aromatic carbocycles. The summed E-state index contributed by atoms with van der Waals surface area (Å²) in [6.45, 7) is 2.85. The van der Waals surface area contributed by atoms with Gasteiger partial charge in [0.2, 0.25) is 0 Å². The van der Waals surface area contributed by atoms with Crippen molar-refractivity contribution in [1.82, 2.24) is 9.88 Å². The maximum Gasteiger partial charge on any atom is 0.260 e. The second-order valence-electron chi connectivity index (χ2n) is 6.44. The molecule has 0 radical (unpaired) electrons. The van der Waals surface area contributed by atoms with Gasteiger partial charge in [-0.25, -0.2) is 4.98 Å². The average Bonchev–Trinajstić information content (AvgIpc) is 3.15. The van der Waals surface area contributed by atoms with Gasteiger partial charge in [0.05, 0.1) is 17.3 Å². The van der Waals surface area contributed by atoms with Gasteiger partial charge in [0.25, 0.3) is 5.91 Å². The molecule has 2 heterocycles.